The predicted molar refractivity (Wildman–Crippen MR) is 64.4 cm³/mol. The van der Waals surface area contributed by atoms with Crippen LogP contribution in [-0.2, 0) is 9.53 Å². The average Bonchev–Trinajstić information content (AvgIpc) is 2.28. The van der Waals surface area contributed by atoms with Crippen LogP contribution in [0.3, 0.4) is 0 Å². The van der Waals surface area contributed by atoms with E-state index in [4.69, 9.17) is 9.47 Å². The van der Waals surface area contributed by atoms with E-state index in [0.717, 1.165) is 18.2 Å². The van der Waals surface area contributed by atoms with Gasteiger partial charge in [0.1, 0.15) is 5.82 Å². The number of esters is 1. The summed E-state index contributed by atoms with van der Waals surface area (Å²) in [6.45, 7) is 4.55. The molecule has 19 heavy (non-hydrogen) atoms. The van der Waals surface area contributed by atoms with Gasteiger partial charge in [0.05, 0.1) is 11.5 Å². The van der Waals surface area contributed by atoms with Gasteiger partial charge in [0, 0.05) is 12.1 Å². The van der Waals surface area contributed by atoms with Crippen LogP contribution in [0.15, 0.2) is 18.2 Å². The summed E-state index contributed by atoms with van der Waals surface area (Å²) in [5.74, 6) is -1.70. The molecule has 0 heterocycles. The number of rotatable bonds is 5. The molecule has 0 aliphatic carbocycles. The number of nitro benzene ring substituents is 1. The molecule has 0 fully saturated rings. The Bertz CT molecular complexity index is 501. The van der Waals surface area contributed by atoms with Gasteiger partial charge in [-0.25, -0.2) is 9.18 Å². The molecule has 0 unspecified atom stereocenters. The number of hydrogen-bond donors (Lipinski definition) is 0. The van der Waals surface area contributed by atoms with E-state index in [1.54, 1.807) is 6.92 Å². The van der Waals surface area contributed by atoms with Crippen LogP contribution in [0.2, 0.25) is 0 Å². The topological polar surface area (TPSA) is 78.7 Å². The summed E-state index contributed by atoms with van der Waals surface area (Å²) >= 11 is 0. The Morgan fingerprint density at radius 3 is 2.63 bits per heavy atom. The summed E-state index contributed by atoms with van der Waals surface area (Å²) < 4.78 is 23.1. The minimum atomic E-state index is -1.45. The van der Waals surface area contributed by atoms with E-state index in [0.29, 0.717) is 0 Å². The van der Waals surface area contributed by atoms with Gasteiger partial charge >= 0.3 is 11.7 Å². The molecule has 0 aliphatic rings. The summed E-state index contributed by atoms with van der Waals surface area (Å²) in [6, 6.07) is 2.79. The van der Waals surface area contributed by atoms with Crippen LogP contribution < -0.4 is 4.74 Å². The van der Waals surface area contributed by atoms with Gasteiger partial charge in [-0.3, -0.25) is 10.1 Å². The highest BCUT2D eigenvalue weighted by molar-refractivity contribution is 5.79. The summed E-state index contributed by atoms with van der Waals surface area (Å²) in [5.41, 5.74) is -1.87. The van der Waals surface area contributed by atoms with Crippen LogP contribution in [0.1, 0.15) is 20.8 Å². The normalized spacial score (nSPS) is 10.9. The van der Waals surface area contributed by atoms with E-state index in [1.807, 2.05) is 0 Å². The highest BCUT2D eigenvalue weighted by Crippen LogP contribution is 2.31. The van der Waals surface area contributed by atoms with Crippen LogP contribution in [0.4, 0.5) is 10.1 Å². The van der Waals surface area contributed by atoms with Crippen molar-refractivity contribution < 1.29 is 23.6 Å². The predicted octanol–water partition coefficient (Wildman–Crippen LogP) is 2.45. The van der Waals surface area contributed by atoms with Gasteiger partial charge in [0.2, 0.25) is 11.4 Å². The molecule has 0 atom stereocenters. The molecule has 1 aromatic rings. The molecule has 0 bridgehead atoms. The van der Waals surface area contributed by atoms with Crippen LogP contribution in [0.25, 0.3) is 0 Å². The molecule has 6 nitrogen and oxygen atoms in total. The van der Waals surface area contributed by atoms with Crippen molar-refractivity contribution in [2.75, 3.05) is 6.61 Å². The zero-order chi connectivity index (χ0) is 14.6. The Balaban J connectivity index is 3.07. The van der Waals surface area contributed by atoms with Gasteiger partial charge in [0.15, 0.2) is 0 Å². The zero-order valence-corrected chi connectivity index (χ0v) is 10.8. The highest BCUT2D eigenvalue weighted by atomic mass is 19.1. The van der Waals surface area contributed by atoms with Gasteiger partial charge < -0.3 is 9.47 Å². The quantitative estimate of drug-likeness (QED) is 0.467. The third-order valence-electron chi connectivity index (χ3n) is 2.25. The Hall–Kier alpha value is -2.18. The lowest BCUT2D eigenvalue weighted by molar-refractivity contribution is -0.386. The number of carbonyl (C=O) groups excluding carboxylic acids is 1. The lowest BCUT2D eigenvalue weighted by atomic mass is 10.1. The Morgan fingerprint density at radius 1 is 1.47 bits per heavy atom. The largest absolute Gasteiger partial charge is 0.469 e. The summed E-state index contributed by atoms with van der Waals surface area (Å²) in [6.07, 6.45) is 0. The van der Waals surface area contributed by atoms with Crippen molar-refractivity contribution in [2.24, 2.45) is 0 Å². The first kappa shape index (κ1) is 14.9. The van der Waals surface area contributed by atoms with Gasteiger partial charge in [-0.05, 0) is 26.8 Å². The molecule has 104 valence electrons. The highest BCUT2D eigenvalue weighted by Gasteiger charge is 2.34. The number of nitro groups is 1. The minimum absolute atomic E-state index is 0.150. The third-order valence-corrected chi connectivity index (χ3v) is 2.25. The fourth-order valence-corrected chi connectivity index (χ4v) is 1.34. The van der Waals surface area contributed by atoms with Gasteiger partial charge in [-0.15, -0.1) is 0 Å². The fraction of sp³-hybridized carbons (Fsp3) is 0.417. The molecule has 0 spiro atoms. The summed E-state index contributed by atoms with van der Waals surface area (Å²) in [4.78, 5) is 21.7. The molecule has 1 rings (SSSR count). The van der Waals surface area contributed by atoms with Gasteiger partial charge in [-0.1, -0.05) is 0 Å². The Labute approximate surface area is 109 Å². The fourth-order valence-electron chi connectivity index (χ4n) is 1.34. The van der Waals surface area contributed by atoms with E-state index in [1.165, 1.54) is 13.8 Å². The molecule has 0 amide bonds. The van der Waals surface area contributed by atoms with E-state index in [9.17, 15) is 19.3 Å². The van der Waals surface area contributed by atoms with E-state index < -0.39 is 28.0 Å². The van der Waals surface area contributed by atoms with Crippen molar-refractivity contribution in [3.05, 3.63) is 34.1 Å². The number of benzene rings is 1. The second kappa shape index (κ2) is 5.64. The minimum Gasteiger partial charge on any atom is -0.469 e. The molecule has 0 aliphatic heterocycles. The monoisotopic (exact) mass is 271 g/mol. The second-order valence-corrected chi connectivity index (χ2v) is 4.20. The molecular weight excluding hydrogens is 257 g/mol. The maximum atomic E-state index is 13.1. The molecular formula is C12H14FNO5. The van der Waals surface area contributed by atoms with Crippen molar-refractivity contribution >= 4 is 11.7 Å². The van der Waals surface area contributed by atoms with Gasteiger partial charge in [-0.2, -0.15) is 0 Å². The molecule has 1 aromatic carbocycles. The maximum absolute atomic E-state index is 13.1. The van der Waals surface area contributed by atoms with Crippen LogP contribution in [0, 0.1) is 15.9 Å². The smallest absolute Gasteiger partial charge is 0.349 e. The number of nitrogens with zero attached hydrogens (tertiary/aromatic N) is 1. The SMILES string of the molecule is CCOC(=O)C(C)(C)Oc1cc(F)ccc1[N+](=O)[O-]. The van der Waals surface area contributed by atoms with Crippen molar-refractivity contribution in [2.45, 2.75) is 26.4 Å². The average molecular weight is 271 g/mol. The number of halogens is 1. The molecule has 0 aromatic heterocycles. The van der Waals surface area contributed by atoms with E-state index in [-0.39, 0.29) is 12.4 Å². The van der Waals surface area contributed by atoms with Crippen molar-refractivity contribution in [3.8, 4) is 5.75 Å². The van der Waals surface area contributed by atoms with Crippen LogP contribution in [-0.4, -0.2) is 23.1 Å². The molecule has 7 heteroatoms. The van der Waals surface area contributed by atoms with E-state index in [2.05, 4.69) is 0 Å². The maximum Gasteiger partial charge on any atom is 0.349 e. The van der Waals surface area contributed by atoms with Gasteiger partial charge in [0.25, 0.3) is 0 Å². The van der Waals surface area contributed by atoms with Crippen LogP contribution >= 0.6 is 0 Å². The summed E-state index contributed by atoms with van der Waals surface area (Å²) in [7, 11) is 0. The zero-order valence-electron chi connectivity index (χ0n) is 10.8. The summed E-state index contributed by atoms with van der Waals surface area (Å²) in [5, 5.41) is 10.8. The lowest BCUT2D eigenvalue weighted by Gasteiger charge is -2.23. The number of ether oxygens (including phenoxy) is 2. The Kier molecular flexibility index (Phi) is 4.42. The molecule has 0 saturated carbocycles. The third kappa shape index (κ3) is 3.64. The Morgan fingerprint density at radius 2 is 2.11 bits per heavy atom. The number of hydrogen-bond acceptors (Lipinski definition) is 5. The first-order valence-electron chi connectivity index (χ1n) is 5.58. The first-order valence-corrected chi connectivity index (χ1v) is 5.58. The molecule has 0 radical (unpaired) electrons. The molecule has 0 N–H and O–H groups in total. The lowest BCUT2D eigenvalue weighted by Crippen LogP contribution is -2.39. The second-order valence-electron chi connectivity index (χ2n) is 4.20. The van der Waals surface area contributed by atoms with Crippen molar-refractivity contribution in [1.29, 1.82) is 0 Å². The molecule has 0 saturated heterocycles. The standard InChI is InChI=1S/C12H14FNO5/c1-4-18-11(15)12(2,3)19-10-7-8(13)5-6-9(10)14(16)17/h5-7H,4H2,1-3H3. The van der Waals surface area contributed by atoms with Crippen LogP contribution in [0.5, 0.6) is 5.75 Å². The van der Waals surface area contributed by atoms with E-state index >= 15 is 0 Å². The van der Waals surface area contributed by atoms with Crippen molar-refractivity contribution in [1.82, 2.24) is 0 Å². The first-order chi connectivity index (χ1) is 8.77. The number of carbonyl (C=O) groups is 1. The van der Waals surface area contributed by atoms with Crippen molar-refractivity contribution in [3.63, 3.8) is 0 Å².